The van der Waals surface area contributed by atoms with Gasteiger partial charge in [0.05, 0.1) is 18.5 Å². The number of fused-ring (bicyclic) bond motifs is 1. The minimum Gasteiger partial charge on any atom is -0.496 e. The molecule has 0 fully saturated rings. The molecular weight excluding hydrogens is 607 g/mol. The van der Waals surface area contributed by atoms with Crippen LogP contribution >= 0.6 is 11.6 Å². The van der Waals surface area contributed by atoms with Crippen molar-refractivity contribution in [2.45, 2.75) is 38.7 Å². The highest BCUT2D eigenvalue weighted by Gasteiger charge is 2.39. The third-order valence-corrected chi connectivity index (χ3v) is 8.88. The van der Waals surface area contributed by atoms with Crippen LogP contribution < -0.4 is 23.9 Å². The van der Waals surface area contributed by atoms with E-state index in [4.69, 9.17) is 25.3 Å². The third-order valence-electron chi connectivity index (χ3n) is 7.40. The molecule has 0 aliphatic carbocycles. The van der Waals surface area contributed by atoms with E-state index in [0.29, 0.717) is 44.5 Å². The summed E-state index contributed by atoms with van der Waals surface area (Å²) in [6.45, 7) is 5.42. The van der Waals surface area contributed by atoms with Crippen LogP contribution in [-0.2, 0) is 27.3 Å². The zero-order valence-corrected chi connectivity index (χ0v) is 26.5. The van der Waals surface area contributed by atoms with Gasteiger partial charge in [0.1, 0.15) is 41.0 Å². The highest BCUT2D eigenvalue weighted by Crippen LogP contribution is 2.45. The van der Waals surface area contributed by atoms with E-state index >= 15 is 0 Å². The fourth-order valence-electron chi connectivity index (χ4n) is 5.24. The number of nitrogens with one attached hydrogen (secondary N) is 1. The van der Waals surface area contributed by atoms with Gasteiger partial charge in [-0.05, 0) is 67.8 Å². The van der Waals surface area contributed by atoms with Gasteiger partial charge < -0.3 is 23.9 Å². The number of anilines is 2. The summed E-state index contributed by atoms with van der Waals surface area (Å²) < 4.78 is 57.0. The Morgan fingerprint density at radius 2 is 1.70 bits per heavy atom. The molecule has 4 aromatic carbocycles. The van der Waals surface area contributed by atoms with Crippen molar-refractivity contribution in [2.24, 2.45) is 0 Å². The normalized spacial score (nSPS) is 14.1. The molecule has 1 aliphatic rings. The summed E-state index contributed by atoms with van der Waals surface area (Å²) in [5, 5.41) is 3.63. The predicted molar refractivity (Wildman–Crippen MR) is 170 cm³/mol. The highest BCUT2D eigenvalue weighted by atomic mass is 35.5. The van der Waals surface area contributed by atoms with E-state index in [1.807, 2.05) is 19.1 Å². The number of carbonyl (C=O) groups is 1. The molecular formula is C33H32ClFN2O6S. The quantitative estimate of drug-likeness (QED) is 0.195. The van der Waals surface area contributed by atoms with Crippen LogP contribution in [0.5, 0.6) is 17.2 Å². The second-order valence-corrected chi connectivity index (χ2v) is 13.0. The van der Waals surface area contributed by atoms with E-state index in [1.54, 1.807) is 62.2 Å². The summed E-state index contributed by atoms with van der Waals surface area (Å²) in [4.78, 5) is 14.9. The Hall–Kier alpha value is -4.28. The van der Waals surface area contributed by atoms with Gasteiger partial charge in [0, 0.05) is 35.3 Å². The number of aryl methyl sites for hydroxylation is 1. The molecule has 0 saturated carbocycles. The predicted octanol–water partition coefficient (Wildman–Crippen LogP) is 7.12. The molecule has 0 bridgehead atoms. The lowest BCUT2D eigenvalue weighted by Crippen LogP contribution is -2.52. The van der Waals surface area contributed by atoms with Crippen molar-refractivity contribution in [1.82, 2.24) is 0 Å². The molecule has 5 rings (SSSR count). The molecule has 0 unspecified atom stereocenters. The minimum atomic E-state index is -4.05. The van der Waals surface area contributed by atoms with Gasteiger partial charge in [0.25, 0.3) is 5.91 Å². The van der Waals surface area contributed by atoms with Crippen LogP contribution in [0.3, 0.4) is 0 Å². The smallest absolute Gasteiger partial charge is 0.313 e. The third kappa shape index (κ3) is 6.32. The van der Waals surface area contributed by atoms with Gasteiger partial charge in [0.2, 0.25) is 0 Å². The molecule has 11 heteroatoms. The van der Waals surface area contributed by atoms with Crippen molar-refractivity contribution < 1.29 is 31.3 Å². The van der Waals surface area contributed by atoms with Gasteiger partial charge in [-0.1, -0.05) is 41.9 Å². The molecule has 8 nitrogen and oxygen atoms in total. The number of amides is 1. The average Bonchev–Trinajstić information content (AvgIpc) is 2.97. The number of likely N-dealkylation sites (N-methyl/N-ethyl adjacent to an activating group) is 1. The number of rotatable bonds is 9. The lowest BCUT2D eigenvalue weighted by molar-refractivity contribution is -0.121. The van der Waals surface area contributed by atoms with Gasteiger partial charge in [-0.2, -0.15) is 8.42 Å². The van der Waals surface area contributed by atoms with Crippen LogP contribution in [0.2, 0.25) is 5.02 Å². The molecule has 0 radical (unpaired) electrons. The van der Waals surface area contributed by atoms with Gasteiger partial charge in [0.15, 0.2) is 0 Å². The van der Waals surface area contributed by atoms with Gasteiger partial charge in [-0.15, -0.1) is 0 Å². The number of nitrogens with zero attached hydrogens (tertiary/aromatic N) is 1. The van der Waals surface area contributed by atoms with E-state index in [2.05, 4.69) is 5.32 Å². The largest absolute Gasteiger partial charge is 0.496 e. The second-order valence-electron chi connectivity index (χ2n) is 11.0. The summed E-state index contributed by atoms with van der Waals surface area (Å²) >= 11 is 6.15. The first kappa shape index (κ1) is 31.2. The zero-order chi connectivity index (χ0) is 31.8. The lowest BCUT2D eigenvalue weighted by atomic mass is 9.91. The molecule has 1 heterocycles. The van der Waals surface area contributed by atoms with Crippen molar-refractivity contribution in [3.05, 3.63) is 100 Å². The molecule has 44 heavy (non-hydrogen) atoms. The average molecular weight is 639 g/mol. The van der Waals surface area contributed by atoms with E-state index < -0.39 is 27.2 Å². The van der Waals surface area contributed by atoms with Gasteiger partial charge in [-0.25, -0.2) is 4.39 Å². The molecule has 1 aliphatic heterocycles. The van der Waals surface area contributed by atoms with Crippen LogP contribution in [-0.4, -0.2) is 34.0 Å². The van der Waals surface area contributed by atoms with Crippen molar-refractivity contribution in [3.63, 3.8) is 0 Å². The standard InChI is InChI=1S/C33H32ClFN2O6S/c1-20-10-11-22(35)16-29(20)42-18-26-24(14-15-28-31(26)37(4)32(38)33(2,3)36-28)25-13-12-23(17-30(25)41-5)43-44(39,40)19-21-8-6-7-9-27(21)34/h6-17,36H,18-19H2,1-5H3. The fraction of sp³-hybridized carbons (Fsp3) is 0.242. The maximum atomic E-state index is 14.1. The first-order valence-electron chi connectivity index (χ1n) is 13.7. The van der Waals surface area contributed by atoms with Gasteiger partial charge >= 0.3 is 10.1 Å². The van der Waals surface area contributed by atoms with Crippen molar-refractivity contribution in [2.75, 3.05) is 24.4 Å². The summed E-state index contributed by atoms with van der Waals surface area (Å²) in [7, 11) is -0.887. The first-order chi connectivity index (χ1) is 20.8. The summed E-state index contributed by atoms with van der Waals surface area (Å²) in [6.07, 6.45) is 0. The number of carbonyl (C=O) groups excluding carboxylic acids is 1. The second kappa shape index (κ2) is 12.0. The van der Waals surface area contributed by atoms with Crippen molar-refractivity contribution in [1.29, 1.82) is 0 Å². The fourth-order valence-corrected chi connectivity index (χ4v) is 6.61. The Morgan fingerprint density at radius 3 is 2.43 bits per heavy atom. The Bertz CT molecular complexity index is 1860. The molecule has 0 aromatic heterocycles. The molecule has 0 saturated heterocycles. The van der Waals surface area contributed by atoms with Crippen LogP contribution in [0.4, 0.5) is 15.8 Å². The van der Waals surface area contributed by atoms with Crippen LogP contribution in [0.25, 0.3) is 11.1 Å². The Kier molecular flexibility index (Phi) is 8.51. The number of hydrogen-bond donors (Lipinski definition) is 1. The summed E-state index contributed by atoms with van der Waals surface area (Å²) in [5.74, 6) is -0.239. The number of methoxy groups -OCH3 is 1. The molecule has 4 aromatic rings. The Morgan fingerprint density at radius 1 is 0.977 bits per heavy atom. The number of halogens is 2. The molecule has 1 N–H and O–H groups in total. The monoisotopic (exact) mass is 638 g/mol. The number of ether oxygens (including phenoxy) is 2. The Labute approximate surface area is 261 Å². The number of hydrogen-bond acceptors (Lipinski definition) is 7. The molecule has 230 valence electrons. The van der Waals surface area contributed by atoms with Crippen LogP contribution in [0.1, 0.15) is 30.5 Å². The minimum absolute atomic E-state index is 0.00382. The van der Waals surface area contributed by atoms with E-state index in [1.165, 1.54) is 31.4 Å². The van der Waals surface area contributed by atoms with Crippen molar-refractivity contribution >= 4 is 39.0 Å². The maximum Gasteiger partial charge on any atom is 0.313 e. The summed E-state index contributed by atoms with van der Waals surface area (Å²) in [5.41, 5.74) is 3.56. The van der Waals surface area contributed by atoms with Gasteiger partial charge in [-0.3, -0.25) is 4.79 Å². The van der Waals surface area contributed by atoms with Crippen molar-refractivity contribution in [3.8, 4) is 28.4 Å². The lowest BCUT2D eigenvalue weighted by Gasteiger charge is -2.39. The van der Waals surface area contributed by atoms with E-state index in [9.17, 15) is 17.6 Å². The maximum absolute atomic E-state index is 14.1. The van der Waals surface area contributed by atoms with Crippen LogP contribution in [0.15, 0.2) is 72.8 Å². The SMILES string of the molecule is COc1cc(OS(=O)(=O)Cc2ccccc2Cl)ccc1-c1ccc2c(c1COc1cc(F)ccc1C)N(C)C(=O)C(C)(C)N2. The molecule has 0 atom stereocenters. The molecule has 1 amide bonds. The highest BCUT2D eigenvalue weighted by molar-refractivity contribution is 7.86. The van der Waals surface area contributed by atoms with E-state index in [-0.39, 0.29) is 18.3 Å². The molecule has 0 spiro atoms. The topological polar surface area (TPSA) is 94.2 Å². The summed E-state index contributed by atoms with van der Waals surface area (Å²) in [6, 6.07) is 19.4. The van der Waals surface area contributed by atoms with E-state index in [0.717, 1.165) is 11.3 Å². The van der Waals surface area contributed by atoms with Crippen LogP contribution in [0, 0.1) is 12.7 Å². The number of benzene rings is 4. The first-order valence-corrected chi connectivity index (χ1v) is 15.7. The zero-order valence-electron chi connectivity index (χ0n) is 24.9. The Balaban J connectivity index is 1.55.